The van der Waals surface area contributed by atoms with Gasteiger partial charge in [-0.05, 0) is 47.4 Å². The second-order valence-electron chi connectivity index (χ2n) is 8.34. The molecule has 6 nitrogen and oxygen atoms in total. The van der Waals surface area contributed by atoms with Crippen molar-refractivity contribution in [2.45, 2.75) is 64.2 Å². The second kappa shape index (κ2) is 10.3. The second-order valence-corrected chi connectivity index (χ2v) is 9.42. The van der Waals surface area contributed by atoms with Gasteiger partial charge in [-0.25, -0.2) is 4.90 Å². The average Bonchev–Trinajstić information content (AvgIpc) is 2.82. The van der Waals surface area contributed by atoms with Crippen molar-refractivity contribution in [3.63, 3.8) is 0 Å². The van der Waals surface area contributed by atoms with Gasteiger partial charge < -0.3 is 0 Å². The average molecular weight is 464 g/mol. The summed E-state index contributed by atoms with van der Waals surface area (Å²) in [7, 11) is 0. The molecule has 0 fully saturated rings. The molecule has 0 aliphatic carbocycles. The van der Waals surface area contributed by atoms with Gasteiger partial charge >= 0.3 is 11.3 Å². The SMILES string of the molecule is CCCCCCSc1n[n+]2c(c(=O)[nH]1)-c1ccccc1N(C(C)=O)[C@H]2c1ccc(CC)cc1. The smallest absolute Gasteiger partial charge is 0.291 e. The molecule has 1 aromatic heterocycles. The van der Waals surface area contributed by atoms with E-state index in [9.17, 15) is 9.59 Å². The molecule has 172 valence electrons. The summed E-state index contributed by atoms with van der Waals surface area (Å²) in [5.74, 6) is 0.798. The zero-order valence-corrected chi connectivity index (χ0v) is 20.3. The number of para-hydroxylation sites is 1. The van der Waals surface area contributed by atoms with Gasteiger partial charge in [-0.2, -0.15) is 0 Å². The Morgan fingerprint density at radius 1 is 1.09 bits per heavy atom. The molecule has 0 radical (unpaired) electrons. The molecule has 0 bridgehead atoms. The van der Waals surface area contributed by atoms with E-state index in [1.165, 1.54) is 24.8 Å². The molecule has 33 heavy (non-hydrogen) atoms. The van der Waals surface area contributed by atoms with Gasteiger partial charge in [0, 0.05) is 23.3 Å². The van der Waals surface area contributed by atoms with Gasteiger partial charge in [0.05, 0.1) is 11.3 Å². The molecule has 1 atom stereocenters. The first kappa shape index (κ1) is 23.2. The fourth-order valence-electron chi connectivity index (χ4n) is 4.30. The minimum Gasteiger partial charge on any atom is -0.291 e. The van der Waals surface area contributed by atoms with Crippen molar-refractivity contribution < 1.29 is 9.48 Å². The maximum Gasteiger partial charge on any atom is 0.325 e. The quantitative estimate of drug-likeness (QED) is 0.294. The topological polar surface area (TPSA) is 69.9 Å². The van der Waals surface area contributed by atoms with E-state index in [-0.39, 0.29) is 11.5 Å². The van der Waals surface area contributed by atoms with Crippen LogP contribution in [0.25, 0.3) is 11.3 Å². The Bertz CT molecular complexity index is 1190. The summed E-state index contributed by atoms with van der Waals surface area (Å²) in [6.45, 7) is 5.87. The molecular weight excluding hydrogens is 432 g/mol. The third-order valence-electron chi connectivity index (χ3n) is 6.02. The molecule has 0 unspecified atom stereocenters. The Hall–Kier alpha value is -2.93. The normalized spacial score (nSPS) is 14.6. The Labute approximate surface area is 199 Å². The van der Waals surface area contributed by atoms with Crippen LogP contribution in [0.3, 0.4) is 0 Å². The van der Waals surface area contributed by atoms with Crippen molar-refractivity contribution in [2.24, 2.45) is 0 Å². The molecule has 0 spiro atoms. The van der Waals surface area contributed by atoms with E-state index in [1.807, 2.05) is 36.4 Å². The zero-order valence-electron chi connectivity index (χ0n) is 19.5. The van der Waals surface area contributed by atoms with E-state index < -0.39 is 6.17 Å². The Morgan fingerprint density at radius 3 is 2.55 bits per heavy atom. The predicted octanol–water partition coefficient (Wildman–Crippen LogP) is 4.87. The number of nitrogens with one attached hydrogen (secondary N) is 1. The van der Waals surface area contributed by atoms with Crippen LogP contribution < -0.4 is 15.1 Å². The standard InChI is InChI=1S/C26H30N4O2S/c1-4-6-7-10-17-33-26-27-24(32)23-21-11-8-9-12-22(21)29(18(3)31)25(30(23)28-26)20-15-13-19(5-2)14-16-20/h8-9,11-16,25H,4-7,10,17H2,1-3H3/p+1/t25-/m1/s1. The number of rotatable bonds is 8. The molecule has 0 saturated heterocycles. The molecule has 1 aliphatic rings. The van der Waals surface area contributed by atoms with Crippen LogP contribution in [-0.2, 0) is 11.2 Å². The van der Waals surface area contributed by atoms with Crippen LogP contribution in [0.4, 0.5) is 5.69 Å². The molecule has 2 heterocycles. The number of H-pyrrole nitrogens is 1. The van der Waals surface area contributed by atoms with E-state index in [0.29, 0.717) is 16.4 Å². The highest BCUT2D eigenvalue weighted by Crippen LogP contribution is 2.37. The van der Waals surface area contributed by atoms with Crippen LogP contribution in [0.5, 0.6) is 0 Å². The number of fused-ring (bicyclic) bond motifs is 3. The lowest BCUT2D eigenvalue weighted by Gasteiger charge is -2.31. The number of carbonyl (C=O) groups excluding carboxylic acids is 1. The van der Waals surface area contributed by atoms with Crippen molar-refractivity contribution in [1.29, 1.82) is 0 Å². The third kappa shape index (κ3) is 4.74. The summed E-state index contributed by atoms with van der Waals surface area (Å²) in [6.07, 6.45) is 5.06. The van der Waals surface area contributed by atoms with Crippen molar-refractivity contribution >= 4 is 23.4 Å². The first-order valence-corrected chi connectivity index (χ1v) is 12.7. The Kier molecular flexibility index (Phi) is 7.28. The summed E-state index contributed by atoms with van der Waals surface area (Å²) < 4.78 is 1.73. The number of benzene rings is 2. The summed E-state index contributed by atoms with van der Waals surface area (Å²) in [4.78, 5) is 30.9. The number of anilines is 1. The maximum atomic E-state index is 13.3. The van der Waals surface area contributed by atoms with Crippen LogP contribution in [0, 0.1) is 0 Å². The Balaban J connectivity index is 1.83. The van der Waals surface area contributed by atoms with Crippen LogP contribution in [-0.4, -0.2) is 21.7 Å². The largest absolute Gasteiger partial charge is 0.325 e. The van der Waals surface area contributed by atoms with E-state index >= 15 is 0 Å². The lowest BCUT2D eigenvalue weighted by atomic mass is 10.0. The number of aryl methyl sites for hydroxylation is 1. The summed E-state index contributed by atoms with van der Waals surface area (Å²) in [6, 6.07) is 15.8. The highest BCUT2D eigenvalue weighted by Gasteiger charge is 2.44. The highest BCUT2D eigenvalue weighted by atomic mass is 32.2. The molecular formula is C26H31N4O2S+. The van der Waals surface area contributed by atoms with E-state index in [1.54, 1.807) is 28.3 Å². The number of thioether (sulfide) groups is 1. The minimum absolute atomic E-state index is 0.0963. The minimum atomic E-state index is -0.528. The lowest BCUT2D eigenvalue weighted by molar-refractivity contribution is -0.763. The summed E-state index contributed by atoms with van der Waals surface area (Å²) in [5, 5.41) is 5.44. The number of nitrogens with zero attached hydrogens (tertiary/aromatic N) is 3. The summed E-state index contributed by atoms with van der Waals surface area (Å²) >= 11 is 1.56. The van der Waals surface area contributed by atoms with Gasteiger partial charge in [-0.15, -0.1) is 0 Å². The molecule has 2 aromatic carbocycles. The first-order chi connectivity index (χ1) is 16.0. The predicted molar refractivity (Wildman–Crippen MR) is 132 cm³/mol. The van der Waals surface area contributed by atoms with Crippen molar-refractivity contribution in [3.05, 3.63) is 70.0 Å². The van der Waals surface area contributed by atoms with Gasteiger partial charge in [-0.3, -0.25) is 14.6 Å². The van der Waals surface area contributed by atoms with E-state index in [4.69, 9.17) is 5.10 Å². The maximum absolute atomic E-state index is 13.3. The van der Waals surface area contributed by atoms with E-state index in [2.05, 4.69) is 31.0 Å². The third-order valence-corrected chi connectivity index (χ3v) is 6.97. The van der Waals surface area contributed by atoms with Crippen LogP contribution in [0.2, 0.25) is 0 Å². The van der Waals surface area contributed by atoms with Gasteiger partial charge in [0.25, 0.3) is 6.17 Å². The van der Waals surface area contributed by atoms with E-state index in [0.717, 1.165) is 29.8 Å². The molecule has 1 N–H and O–H groups in total. The highest BCUT2D eigenvalue weighted by molar-refractivity contribution is 7.99. The van der Waals surface area contributed by atoms with Crippen LogP contribution in [0.1, 0.15) is 63.7 Å². The molecule has 1 aliphatic heterocycles. The van der Waals surface area contributed by atoms with Crippen LogP contribution >= 0.6 is 11.8 Å². The summed E-state index contributed by atoms with van der Waals surface area (Å²) in [5.41, 5.74) is 3.86. The number of hydrogen-bond donors (Lipinski definition) is 1. The first-order valence-electron chi connectivity index (χ1n) is 11.7. The van der Waals surface area contributed by atoms with Crippen molar-refractivity contribution in [2.75, 3.05) is 10.7 Å². The van der Waals surface area contributed by atoms with Gasteiger partial charge in [0.2, 0.25) is 11.1 Å². The van der Waals surface area contributed by atoms with Gasteiger partial charge in [0.1, 0.15) is 0 Å². The van der Waals surface area contributed by atoms with Gasteiger partial charge in [0.15, 0.2) is 0 Å². The number of hydrogen-bond acceptors (Lipinski definition) is 4. The molecule has 1 amide bonds. The number of aromatic amines is 1. The fraction of sp³-hybridized carbons (Fsp3) is 0.385. The molecule has 7 heteroatoms. The molecule has 3 aromatic rings. The number of carbonyl (C=O) groups is 1. The molecule has 0 saturated carbocycles. The monoisotopic (exact) mass is 463 g/mol. The lowest BCUT2D eigenvalue weighted by Crippen LogP contribution is -2.60. The van der Waals surface area contributed by atoms with Crippen molar-refractivity contribution in [1.82, 2.24) is 10.1 Å². The number of amides is 1. The Morgan fingerprint density at radius 2 is 1.85 bits per heavy atom. The molecule has 4 rings (SSSR count). The fourth-order valence-corrected chi connectivity index (χ4v) is 5.15. The van der Waals surface area contributed by atoms with Gasteiger partial charge in [-0.1, -0.05) is 69.1 Å². The van der Waals surface area contributed by atoms with Crippen LogP contribution in [0.15, 0.2) is 58.5 Å². The van der Waals surface area contributed by atoms with Crippen molar-refractivity contribution in [3.8, 4) is 11.3 Å². The number of unbranched alkanes of at least 4 members (excludes halogenated alkanes) is 3. The number of aromatic nitrogens is 3. The zero-order chi connectivity index (χ0) is 23.4.